The SMILES string of the molecule is CNC(C)(C)Cc1ccc(N)c(S)c1. The summed E-state index contributed by atoms with van der Waals surface area (Å²) < 4.78 is 0. The summed E-state index contributed by atoms with van der Waals surface area (Å²) in [6, 6.07) is 5.98. The monoisotopic (exact) mass is 210 g/mol. The third kappa shape index (κ3) is 2.93. The molecule has 1 rings (SSSR count). The van der Waals surface area contributed by atoms with E-state index in [9.17, 15) is 0 Å². The lowest BCUT2D eigenvalue weighted by atomic mass is 9.95. The van der Waals surface area contributed by atoms with Crippen LogP contribution in [-0.2, 0) is 6.42 Å². The van der Waals surface area contributed by atoms with Crippen molar-refractivity contribution in [1.29, 1.82) is 0 Å². The first kappa shape index (κ1) is 11.4. The van der Waals surface area contributed by atoms with Gasteiger partial charge in [-0.15, -0.1) is 12.6 Å². The van der Waals surface area contributed by atoms with Crippen LogP contribution in [0.2, 0.25) is 0 Å². The molecule has 14 heavy (non-hydrogen) atoms. The Labute approximate surface area is 91.3 Å². The molecule has 0 atom stereocenters. The maximum absolute atomic E-state index is 5.69. The van der Waals surface area contributed by atoms with Gasteiger partial charge in [-0.3, -0.25) is 0 Å². The number of likely N-dealkylation sites (N-methyl/N-ethyl adjacent to an activating group) is 1. The third-order valence-electron chi connectivity index (χ3n) is 2.42. The van der Waals surface area contributed by atoms with Gasteiger partial charge in [-0.05, 0) is 45.0 Å². The molecular weight excluding hydrogens is 192 g/mol. The lowest BCUT2D eigenvalue weighted by molar-refractivity contribution is 0.422. The average Bonchev–Trinajstić information content (AvgIpc) is 2.11. The minimum absolute atomic E-state index is 0.107. The molecule has 0 fully saturated rings. The maximum Gasteiger partial charge on any atom is 0.0449 e. The summed E-state index contributed by atoms with van der Waals surface area (Å²) in [5, 5.41) is 3.27. The van der Waals surface area contributed by atoms with Gasteiger partial charge in [0.05, 0.1) is 0 Å². The van der Waals surface area contributed by atoms with Crippen molar-refractivity contribution < 1.29 is 0 Å². The number of nitrogen functional groups attached to an aromatic ring is 1. The molecule has 1 aromatic carbocycles. The topological polar surface area (TPSA) is 38.0 Å². The number of anilines is 1. The van der Waals surface area contributed by atoms with Gasteiger partial charge in [0.15, 0.2) is 0 Å². The second-order valence-corrected chi connectivity index (χ2v) is 4.69. The molecule has 2 nitrogen and oxygen atoms in total. The van der Waals surface area contributed by atoms with Crippen LogP contribution in [-0.4, -0.2) is 12.6 Å². The number of thiol groups is 1. The maximum atomic E-state index is 5.69. The zero-order valence-electron chi connectivity index (χ0n) is 8.96. The fourth-order valence-corrected chi connectivity index (χ4v) is 1.54. The summed E-state index contributed by atoms with van der Waals surface area (Å²) in [7, 11) is 1.97. The van der Waals surface area contributed by atoms with E-state index in [0.29, 0.717) is 0 Å². The summed E-state index contributed by atoms with van der Waals surface area (Å²) in [6.45, 7) is 4.34. The van der Waals surface area contributed by atoms with Crippen LogP contribution in [0, 0.1) is 0 Å². The van der Waals surface area contributed by atoms with Gasteiger partial charge >= 0.3 is 0 Å². The van der Waals surface area contributed by atoms with Crippen LogP contribution >= 0.6 is 12.6 Å². The summed E-state index contributed by atoms with van der Waals surface area (Å²) in [6.07, 6.45) is 0.970. The van der Waals surface area contributed by atoms with Crippen LogP contribution in [0.4, 0.5) is 5.69 Å². The normalized spacial score (nSPS) is 11.7. The zero-order valence-corrected chi connectivity index (χ0v) is 9.86. The molecule has 0 aliphatic heterocycles. The lowest BCUT2D eigenvalue weighted by Crippen LogP contribution is -2.38. The molecule has 0 amide bonds. The van der Waals surface area contributed by atoms with Crippen molar-refractivity contribution >= 4 is 18.3 Å². The van der Waals surface area contributed by atoms with Crippen molar-refractivity contribution in [2.24, 2.45) is 0 Å². The number of nitrogens with two attached hydrogens (primary N) is 1. The van der Waals surface area contributed by atoms with E-state index >= 15 is 0 Å². The standard InChI is InChI=1S/C11H18N2S/c1-11(2,13-3)7-8-4-5-9(12)10(14)6-8/h4-6,13-14H,7,12H2,1-3H3. The minimum Gasteiger partial charge on any atom is -0.398 e. The molecule has 3 N–H and O–H groups in total. The second kappa shape index (κ2) is 4.24. The molecule has 0 aliphatic rings. The van der Waals surface area contributed by atoms with Gasteiger partial charge in [-0.1, -0.05) is 6.07 Å². The molecule has 0 aliphatic carbocycles. The predicted molar refractivity (Wildman–Crippen MR) is 64.9 cm³/mol. The summed E-state index contributed by atoms with van der Waals surface area (Å²) >= 11 is 4.30. The highest BCUT2D eigenvalue weighted by atomic mass is 32.1. The lowest BCUT2D eigenvalue weighted by Gasteiger charge is -2.24. The quantitative estimate of drug-likeness (QED) is 0.528. The van der Waals surface area contributed by atoms with E-state index in [1.54, 1.807) is 0 Å². The van der Waals surface area contributed by atoms with Crippen LogP contribution in [0.15, 0.2) is 23.1 Å². The van der Waals surface area contributed by atoms with E-state index in [1.807, 2.05) is 25.2 Å². The summed E-state index contributed by atoms with van der Waals surface area (Å²) in [5.74, 6) is 0. The molecule has 0 radical (unpaired) electrons. The molecule has 0 aromatic heterocycles. The highest BCUT2D eigenvalue weighted by Gasteiger charge is 2.15. The summed E-state index contributed by atoms with van der Waals surface area (Å²) in [5.41, 5.74) is 7.79. The number of nitrogens with one attached hydrogen (secondary N) is 1. The number of benzene rings is 1. The van der Waals surface area contributed by atoms with E-state index in [0.717, 1.165) is 17.0 Å². The van der Waals surface area contributed by atoms with E-state index in [1.165, 1.54) is 5.56 Å². The van der Waals surface area contributed by atoms with Crippen LogP contribution in [0.3, 0.4) is 0 Å². The Bertz CT molecular complexity index is 321. The van der Waals surface area contributed by atoms with Gasteiger partial charge in [0.1, 0.15) is 0 Å². The van der Waals surface area contributed by atoms with Crippen molar-refractivity contribution in [3.63, 3.8) is 0 Å². The van der Waals surface area contributed by atoms with Crippen LogP contribution in [0.25, 0.3) is 0 Å². The van der Waals surface area contributed by atoms with Gasteiger partial charge in [-0.25, -0.2) is 0 Å². The molecule has 0 saturated carbocycles. The van der Waals surface area contributed by atoms with Gasteiger partial charge in [0.25, 0.3) is 0 Å². The van der Waals surface area contributed by atoms with E-state index < -0.39 is 0 Å². The second-order valence-electron chi connectivity index (χ2n) is 4.20. The molecule has 0 spiro atoms. The molecule has 1 aromatic rings. The number of hydrogen-bond acceptors (Lipinski definition) is 3. The largest absolute Gasteiger partial charge is 0.398 e. The molecule has 3 heteroatoms. The Kier molecular flexibility index (Phi) is 3.45. The first-order chi connectivity index (χ1) is 6.44. The fraction of sp³-hybridized carbons (Fsp3) is 0.455. The first-order valence-corrected chi connectivity index (χ1v) is 5.15. The number of hydrogen-bond donors (Lipinski definition) is 3. The Balaban J connectivity index is 2.83. The molecule has 0 unspecified atom stereocenters. The van der Waals surface area contributed by atoms with Gasteiger partial charge in [0, 0.05) is 16.1 Å². The summed E-state index contributed by atoms with van der Waals surface area (Å²) in [4.78, 5) is 0.856. The van der Waals surface area contributed by atoms with Gasteiger partial charge in [-0.2, -0.15) is 0 Å². The molecule has 0 heterocycles. The van der Waals surface area contributed by atoms with E-state index in [2.05, 4.69) is 31.8 Å². The first-order valence-electron chi connectivity index (χ1n) is 4.71. The van der Waals surface area contributed by atoms with Crippen molar-refractivity contribution in [2.45, 2.75) is 30.7 Å². The highest BCUT2D eigenvalue weighted by Crippen LogP contribution is 2.20. The molecule has 0 bridgehead atoms. The Morgan fingerprint density at radius 3 is 2.57 bits per heavy atom. The van der Waals surface area contributed by atoms with Crippen LogP contribution in [0.5, 0.6) is 0 Å². The molecule has 0 saturated heterocycles. The van der Waals surface area contributed by atoms with Gasteiger partial charge in [0.2, 0.25) is 0 Å². The highest BCUT2D eigenvalue weighted by molar-refractivity contribution is 7.80. The third-order valence-corrected chi connectivity index (χ3v) is 2.80. The van der Waals surface area contributed by atoms with Gasteiger partial charge < -0.3 is 11.1 Å². The number of rotatable bonds is 3. The van der Waals surface area contributed by atoms with Crippen LogP contribution in [0.1, 0.15) is 19.4 Å². The predicted octanol–water partition coefficient (Wildman–Crippen LogP) is 2.10. The Morgan fingerprint density at radius 1 is 1.43 bits per heavy atom. The van der Waals surface area contributed by atoms with E-state index in [-0.39, 0.29) is 5.54 Å². The Morgan fingerprint density at radius 2 is 2.07 bits per heavy atom. The molecule has 78 valence electrons. The smallest absolute Gasteiger partial charge is 0.0449 e. The molecular formula is C11H18N2S. The van der Waals surface area contributed by atoms with Crippen molar-refractivity contribution in [3.05, 3.63) is 23.8 Å². The zero-order chi connectivity index (χ0) is 10.8. The van der Waals surface area contributed by atoms with Crippen molar-refractivity contribution in [2.75, 3.05) is 12.8 Å². The Hall–Kier alpha value is -0.670. The van der Waals surface area contributed by atoms with Crippen molar-refractivity contribution in [3.8, 4) is 0 Å². The average molecular weight is 210 g/mol. The van der Waals surface area contributed by atoms with Crippen LogP contribution < -0.4 is 11.1 Å². The van der Waals surface area contributed by atoms with Crippen molar-refractivity contribution in [1.82, 2.24) is 5.32 Å². The fourth-order valence-electron chi connectivity index (χ4n) is 1.30. The van der Waals surface area contributed by atoms with E-state index in [4.69, 9.17) is 5.73 Å². The minimum atomic E-state index is 0.107.